The Balaban J connectivity index is 2.63. The number of alkyl halides is 3. The van der Waals surface area contributed by atoms with E-state index in [9.17, 15) is 18.0 Å². The second-order valence-corrected chi connectivity index (χ2v) is 5.61. The summed E-state index contributed by atoms with van der Waals surface area (Å²) in [5.41, 5.74) is -1.22. The monoisotopic (exact) mass is 346 g/mol. The van der Waals surface area contributed by atoms with E-state index in [0.29, 0.717) is 0 Å². The largest absolute Gasteiger partial charge is 0.459 e. The summed E-state index contributed by atoms with van der Waals surface area (Å²) in [5, 5.41) is 3.65. The average molecular weight is 347 g/mol. The van der Waals surface area contributed by atoms with E-state index in [2.05, 4.69) is 5.10 Å². The lowest BCUT2D eigenvalue weighted by atomic mass is 10.0. The number of aromatic nitrogens is 2. The van der Waals surface area contributed by atoms with Gasteiger partial charge in [0, 0.05) is 18.8 Å². The highest BCUT2D eigenvalue weighted by Crippen LogP contribution is 2.39. The van der Waals surface area contributed by atoms with Crippen LogP contribution in [-0.4, -0.2) is 21.9 Å². The number of ether oxygens (including phenoxy) is 1. The first-order valence-corrected chi connectivity index (χ1v) is 7.09. The molecule has 0 spiro atoms. The van der Waals surface area contributed by atoms with Gasteiger partial charge in [-0.05, 0) is 32.0 Å². The van der Waals surface area contributed by atoms with Crippen molar-refractivity contribution < 1.29 is 22.7 Å². The lowest BCUT2D eigenvalue weighted by Gasteiger charge is -2.15. The highest BCUT2D eigenvalue weighted by Gasteiger charge is 2.36. The minimum Gasteiger partial charge on any atom is -0.459 e. The van der Waals surface area contributed by atoms with Gasteiger partial charge < -0.3 is 4.74 Å². The first-order valence-electron chi connectivity index (χ1n) is 6.71. The molecule has 8 heteroatoms. The van der Waals surface area contributed by atoms with Gasteiger partial charge in [0.2, 0.25) is 0 Å². The lowest BCUT2D eigenvalue weighted by Crippen LogP contribution is -2.14. The van der Waals surface area contributed by atoms with Gasteiger partial charge in [-0.25, -0.2) is 4.79 Å². The molecule has 0 N–H and O–H groups in total. The zero-order valence-corrected chi connectivity index (χ0v) is 13.4. The molecule has 0 amide bonds. The number of hydrogen-bond acceptors (Lipinski definition) is 3. The topological polar surface area (TPSA) is 44.1 Å². The van der Waals surface area contributed by atoms with Gasteiger partial charge in [-0.15, -0.1) is 0 Å². The zero-order chi connectivity index (χ0) is 17.4. The average Bonchev–Trinajstić information content (AvgIpc) is 2.83. The van der Waals surface area contributed by atoms with Crippen molar-refractivity contribution in [1.82, 2.24) is 9.78 Å². The van der Waals surface area contributed by atoms with E-state index in [0.717, 1.165) is 12.1 Å². The molecule has 23 heavy (non-hydrogen) atoms. The van der Waals surface area contributed by atoms with E-state index in [1.807, 2.05) is 0 Å². The van der Waals surface area contributed by atoms with Gasteiger partial charge in [-0.1, -0.05) is 11.6 Å². The number of carbonyl (C=O) groups excluding carboxylic acids is 1. The Kier molecular flexibility index (Phi) is 4.70. The number of aryl methyl sites for hydroxylation is 1. The van der Waals surface area contributed by atoms with E-state index < -0.39 is 23.8 Å². The molecule has 2 aromatic rings. The molecule has 1 aromatic heterocycles. The summed E-state index contributed by atoms with van der Waals surface area (Å²) in [6, 6.07) is 3.22. The summed E-state index contributed by atoms with van der Waals surface area (Å²) in [4.78, 5) is 12.0. The second kappa shape index (κ2) is 6.23. The van der Waals surface area contributed by atoms with Gasteiger partial charge in [0.05, 0.1) is 27.9 Å². The highest BCUT2D eigenvalue weighted by atomic mass is 35.5. The van der Waals surface area contributed by atoms with Crippen LogP contribution in [0.3, 0.4) is 0 Å². The molecule has 0 saturated carbocycles. The van der Waals surface area contributed by atoms with E-state index in [-0.39, 0.29) is 21.8 Å². The fraction of sp³-hybridized carbons (Fsp3) is 0.333. The molecule has 1 heterocycles. The minimum atomic E-state index is -4.63. The van der Waals surface area contributed by atoms with Gasteiger partial charge >= 0.3 is 12.1 Å². The van der Waals surface area contributed by atoms with Crippen molar-refractivity contribution in [3.63, 3.8) is 0 Å². The summed E-state index contributed by atoms with van der Waals surface area (Å²) in [7, 11) is 1.58. The standard InChI is InChI=1S/C15H14ClF3N2O2/c1-8(2)23-14(22)10-6-9(13-4-5-21(3)20-13)11(7-12(10)16)15(17,18)19/h4-8H,1-3H3. The maximum atomic E-state index is 13.3. The van der Waals surface area contributed by atoms with Crippen LogP contribution >= 0.6 is 11.6 Å². The van der Waals surface area contributed by atoms with Crippen molar-refractivity contribution >= 4 is 17.6 Å². The molecule has 0 aliphatic carbocycles. The first-order chi connectivity index (χ1) is 10.6. The van der Waals surface area contributed by atoms with Crippen molar-refractivity contribution in [2.75, 3.05) is 0 Å². The fourth-order valence-corrected chi connectivity index (χ4v) is 2.25. The summed E-state index contributed by atoms with van der Waals surface area (Å²) in [6.45, 7) is 3.27. The van der Waals surface area contributed by atoms with Crippen LogP contribution < -0.4 is 0 Å². The number of benzene rings is 1. The maximum absolute atomic E-state index is 13.3. The molecule has 0 aliphatic heterocycles. The molecule has 0 unspecified atom stereocenters. The molecule has 0 fully saturated rings. The normalized spacial score (nSPS) is 11.8. The Morgan fingerprint density at radius 1 is 1.35 bits per heavy atom. The number of esters is 1. The summed E-state index contributed by atoms with van der Waals surface area (Å²) >= 11 is 5.85. The molecular weight excluding hydrogens is 333 g/mol. The Labute approximate surface area is 135 Å². The molecule has 0 bridgehead atoms. The first kappa shape index (κ1) is 17.3. The molecule has 0 atom stereocenters. The zero-order valence-electron chi connectivity index (χ0n) is 12.6. The Hall–Kier alpha value is -2.02. The van der Waals surface area contributed by atoms with Gasteiger partial charge in [0.1, 0.15) is 0 Å². The number of halogens is 4. The highest BCUT2D eigenvalue weighted by molar-refractivity contribution is 6.33. The number of nitrogens with zero attached hydrogens (tertiary/aromatic N) is 2. The molecular formula is C15H14ClF3N2O2. The van der Waals surface area contributed by atoms with Crippen molar-refractivity contribution in [3.8, 4) is 11.3 Å². The summed E-state index contributed by atoms with van der Waals surface area (Å²) in [6.07, 6.45) is -3.54. The van der Waals surface area contributed by atoms with Crippen LogP contribution in [0, 0.1) is 0 Å². The van der Waals surface area contributed by atoms with Crippen molar-refractivity contribution in [2.45, 2.75) is 26.1 Å². The van der Waals surface area contributed by atoms with E-state index in [1.165, 1.54) is 16.9 Å². The van der Waals surface area contributed by atoms with E-state index >= 15 is 0 Å². The van der Waals surface area contributed by atoms with Crippen LogP contribution in [-0.2, 0) is 18.0 Å². The smallest absolute Gasteiger partial charge is 0.417 e. The Morgan fingerprint density at radius 3 is 2.48 bits per heavy atom. The summed E-state index contributed by atoms with van der Waals surface area (Å²) in [5.74, 6) is -0.782. The van der Waals surface area contributed by atoms with E-state index in [4.69, 9.17) is 16.3 Å². The minimum absolute atomic E-state index is 0.0927. The molecule has 0 saturated heterocycles. The van der Waals surface area contributed by atoms with Gasteiger partial charge in [-0.3, -0.25) is 4.68 Å². The number of carbonyl (C=O) groups is 1. The molecule has 4 nitrogen and oxygen atoms in total. The molecule has 1 aromatic carbocycles. The molecule has 0 aliphatic rings. The van der Waals surface area contributed by atoms with E-state index in [1.54, 1.807) is 20.9 Å². The van der Waals surface area contributed by atoms with Gasteiger partial charge in [-0.2, -0.15) is 18.3 Å². The quantitative estimate of drug-likeness (QED) is 0.777. The Bertz CT molecular complexity index is 739. The van der Waals surface area contributed by atoms with Crippen LogP contribution in [0.2, 0.25) is 5.02 Å². The SMILES string of the molecule is CC(C)OC(=O)c1cc(-c2ccn(C)n2)c(C(F)(F)F)cc1Cl. The van der Waals surface area contributed by atoms with Crippen molar-refractivity contribution in [3.05, 3.63) is 40.5 Å². The van der Waals surface area contributed by atoms with Crippen LogP contribution in [0.4, 0.5) is 13.2 Å². The maximum Gasteiger partial charge on any atom is 0.417 e. The molecule has 0 radical (unpaired) electrons. The number of rotatable bonds is 3. The lowest BCUT2D eigenvalue weighted by molar-refractivity contribution is -0.137. The van der Waals surface area contributed by atoms with Crippen molar-refractivity contribution in [1.29, 1.82) is 0 Å². The number of hydrogen-bond donors (Lipinski definition) is 0. The van der Waals surface area contributed by atoms with Crippen LogP contribution in [0.5, 0.6) is 0 Å². The molecule has 2 rings (SSSR count). The van der Waals surface area contributed by atoms with Crippen LogP contribution in [0.15, 0.2) is 24.4 Å². The predicted molar refractivity (Wildman–Crippen MR) is 79.2 cm³/mol. The molecule has 124 valence electrons. The third-order valence-corrected chi connectivity index (χ3v) is 3.28. The Morgan fingerprint density at radius 2 is 2.00 bits per heavy atom. The predicted octanol–water partition coefficient (Wildman–Crippen LogP) is 4.32. The van der Waals surface area contributed by atoms with Crippen LogP contribution in [0.1, 0.15) is 29.8 Å². The fourth-order valence-electron chi connectivity index (χ4n) is 2.01. The summed E-state index contributed by atoms with van der Waals surface area (Å²) < 4.78 is 46.1. The van der Waals surface area contributed by atoms with Crippen molar-refractivity contribution in [2.24, 2.45) is 7.05 Å². The third-order valence-electron chi connectivity index (χ3n) is 2.96. The van der Waals surface area contributed by atoms with Gasteiger partial charge in [0.15, 0.2) is 0 Å². The third kappa shape index (κ3) is 3.85. The van der Waals surface area contributed by atoms with Gasteiger partial charge in [0.25, 0.3) is 0 Å². The van der Waals surface area contributed by atoms with Crippen LogP contribution in [0.25, 0.3) is 11.3 Å². The second-order valence-electron chi connectivity index (χ2n) is 5.20.